The molecule has 2 aromatic rings. The molecule has 134 valence electrons. The van der Waals surface area contributed by atoms with Crippen LogP contribution in [0, 0.1) is 5.92 Å². The molecule has 1 amide bonds. The molecular weight excluding hydrogens is 314 g/mol. The van der Waals surface area contributed by atoms with Crippen LogP contribution in [0.3, 0.4) is 0 Å². The molecular formula is C21H27NO3. The van der Waals surface area contributed by atoms with Crippen LogP contribution < -0.4 is 14.8 Å². The van der Waals surface area contributed by atoms with Gasteiger partial charge in [-0.2, -0.15) is 0 Å². The molecule has 0 aliphatic heterocycles. The van der Waals surface area contributed by atoms with Crippen LogP contribution in [0.4, 0.5) is 5.69 Å². The van der Waals surface area contributed by atoms with Crippen molar-refractivity contribution >= 4 is 11.6 Å². The monoisotopic (exact) mass is 341 g/mol. The molecule has 0 saturated carbocycles. The number of methoxy groups -OCH3 is 1. The summed E-state index contributed by atoms with van der Waals surface area (Å²) in [7, 11) is 1.63. The van der Waals surface area contributed by atoms with Crippen LogP contribution in [-0.4, -0.2) is 19.6 Å². The standard InChI is InChI=1S/C21H27NO3/c1-15(2)14-25-19-12-8-17(9-13-19)22-20(23)21(3,4)16-6-10-18(24-5)11-7-16/h6-13,15H,14H2,1-5H3,(H,22,23). The molecule has 0 aromatic heterocycles. The average Bonchev–Trinajstić information content (AvgIpc) is 2.61. The Bertz CT molecular complexity index is 688. The number of hydrogen-bond donors (Lipinski definition) is 1. The van der Waals surface area contributed by atoms with Crippen LogP contribution in [0.25, 0.3) is 0 Å². The summed E-state index contributed by atoms with van der Waals surface area (Å²) >= 11 is 0. The lowest BCUT2D eigenvalue weighted by Crippen LogP contribution is -2.34. The van der Waals surface area contributed by atoms with Crippen molar-refractivity contribution in [2.24, 2.45) is 5.92 Å². The lowest BCUT2D eigenvalue weighted by molar-refractivity contribution is -0.120. The molecule has 0 aliphatic rings. The number of benzene rings is 2. The number of ether oxygens (including phenoxy) is 2. The van der Waals surface area contributed by atoms with E-state index < -0.39 is 5.41 Å². The lowest BCUT2D eigenvalue weighted by Gasteiger charge is -2.24. The van der Waals surface area contributed by atoms with Gasteiger partial charge in [0.2, 0.25) is 5.91 Å². The molecule has 0 bridgehead atoms. The molecule has 4 heteroatoms. The highest BCUT2D eigenvalue weighted by Crippen LogP contribution is 2.27. The molecule has 1 N–H and O–H groups in total. The van der Waals surface area contributed by atoms with Crippen molar-refractivity contribution in [3.8, 4) is 11.5 Å². The van der Waals surface area contributed by atoms with Crippen molar-refractivity contribution < 1.29 is 14.3 Å². The zero-order chi connectivity index (χ0) is 18.4. The second-order valence-corrected chi connectivity index (χ2v) is 7.04. The first-order chi connectivity index (χ1) is 11.8. The largest absolute Gasteiger partial charge is 0.497 e. The summed E-state index contributed by atoms with van der Waals surface area (Å²) in [5, 5.41) is 2.98. The maximum Gasteiger partial charge on any atom is 0.234 e. The number of hydrogen-bond acceptors (Lipinski definition) is 3. The Morgan fingerprint density at radius 2 is 1.56 bits per heavy atom. The predicted molar refractivity (Wildman–Crippen MR) is 101 cm³/mol. The van der Waals surface area contributed by atoms with Crippen LogP contribution in [-0.2, 0) is 10.2 Å². The third-order valence-electron chi connectivity index (χ3n) is 4.07. The van der Waals surface area contributed by atoms with Gasteiger partial charge in [-0.3, -0.25) is 4.79 Å². The molecule has 0 fully saturated rings. The predicted octanol–water partition coefficient (Wildman–Crippen LogP) is 4.65. The van der Waals surface area contributed by atoms with Crippen LogP contribution in [0.2, 0.25) is 0 Å². The molecule has 0 atom stereocenters. The smallest absolute Gasteiger partial charge is 0.234 e. The molecule has 2 aromatic carbocycles. The quantitative estimate of drug-likeness (QED) is 0.797. The van der Waals surface area contributed by atoms with E-state index in [0.717, 1.165) is 22.7 Å². The molecule has 4 nitrogen and oxygen atoms in total. The summed E-state index contributed by atoms with van der Waals surface area (Å²) in [6.45, 7) is 8.70. The Balaban J connectivity index is 2.04. The van der Waals surface area contributed by atoms with E-state index in [0.29, 0.717) is 12.5 Å². The Morgan fingerprint density at radius 1 is 1.00 bits per heavy atom. The van der Waals surface area contributed by atoms with Crippen molar-refractivity contribution in [2.45, 2.75) is 33.1 Å². The van der Waals surface area contributed by atoms with E-state index in [1.165, 1.54) is 0 Å². The Hall–Kier alpha value is -2.49. The maximum atomic E-state index is 12.7. The fourth-order valence-corrected chi connectivity index (χ4v) is 2.32. The average molecular weight is 341 g/mol. The van der Waals surface area contributed by atoms with Gasteiger partial charge < -0.3 is 14.8 Å². The Kier molecular flexibility index (Phi) is 6.07. The van der Waals surface area contributed by atoms with Gasteiger partial charge >= 0.3 is 0 Å². The van der Waals surface area contributed by atoms with Gasteiger partial charge in [-0.05, 0) is 61.7 Å². The Labute approximate surface area is 150 Å². The second-order valence-electron chi connectivity index (χ2n) is 7.04. The lowest BCUT2D eigenvalue weighted by atomic mass is 9.83. The molecule has 0 radical (unpaired) electrons. The van der Waals surface area contributed by atoms with Gasteiger partial charge in [0.25, 0.3) is 0 Å². The van der Waals surface area contributed by atoms with Crippen molar-refractivity contribution in [1.82, 2.24) is 0 Å². The molecule has 0 aliphatic carbocycles. The van der Waals surface area contributed by atoms with E-state index in [9.17, 15) is 4.79 Å². The van der Waals surface area contributed by atoms with E-state index in [1.807, 2.05) is 62.4 Å². The zero-order valence-corrected chi connectivity index (χ0v) is 15.6. The first-order valence-corrected chi connectivity index (χ1v) is 8.51. The number of nitrogens with one attached hydrogen (secondary N) is 1. The number of rotatable bonds is 7. The number of carbonyl (C=O) groups is 1. The molecule has 25 heavy (non-hydrogen) atoms. The van der Waals surface area contributed by atoms with Gasteiger partial charge in [-0.1, -0.05) is 26.0 Å². The fraction of sp³-hybridized carbons (Fsp3) is 0.381. The first kappa shape index (κ1) is 18.8. The van der Waals surface area contributed by atoms with E-state index >= 15 is 0 Å². The summed E-state index contributed by atoms with van der Waals surface area (Å²) in [5.74, 6) is 2.00. The highest BCUT2D eigenvalue weighted by atomic mass is 16.5. The fourth-order valence-electron chi connectivity index (χ4n) is 2.32. The van der Waals surface area contributed by atoms with Gasteiger partial charge in [0, 0.05) is 5.69 Å². The van der Waals surface area contributed by atoms with Crippen molar-refractivity contribution in [2.75, 3.05) is 19.0 Å². The number of carbonyl (C=O) groups excluding carboxylic acids is 1. The van der Waals surface area contributed by atoms with Crippen molar-refractivity contribution in [3.63, 3.8) is 0 Å². The van der Waals surface area contributed by atoms with E-state index in [2.05, 4.69) is 19.2 Å². The minimum Gasteiger partial charge on any atom is -0.497 e. The van der Waals surface area contributed by atoms with Gasteiger partial charge in [0.1, 0.15) is 11.5 Å². The third kappa shape index (κ3) is 4.99. The normalized spacial score (nSPS) is 11.3. The highest BCUT2D eigenvalue weighted by molar-refractivity contribution is 5.98. The zero-order valence-electron chi connectivity index (χ0n) is 15.6. The minimum atomic E-state index is -0.654. The van der Waals surface area contributed by atoms with Gasteiger partial charge in [0.05, 0.1) is 19.1 Å². The van der Waals surface area contributed by atoms with E-state index in [1.54, 1.807) is 7.11 Å². The van der Waals surface area contributed by atoms with Crippen LogP contribution in [0.1, 0.15) is 33.3 Å². The third-order valence-corrected chi connectivity index (χ3v) is 4.07. The highest BCUT2D eigenvalue weighted by Gasteiger charge is 2.29. The van der Waals surface area contributed by atoms with Crippen LogP contribution in [0.5, 0.6) is 11.5 Å². The van der Waals surface area contributed by atoms with E-state index in [4.69, 9.17) is 9.47 Å². The molecule has 2 rings (SSSR count). The van der Waals surface area contributed by atoms with Crippen LogP contribution in [0.15, 0.2) is 48.5 Å². The molecule has 0 heterocycles. The topological polar surface area (TPSA) is 47.6 Å². The maximum absolute atomic E-state index is 12.7. The van der Waals surface area contributed by atoms with Crippen molar-refractivity contribution in [3.05, 3.63) is 54.1 Å². The Morgan fingerprint density at radius 3 is 2.08 bits per heavy atom. The van der Waals surface area contributed by atoms with Crippen molar-refractivity contribution in [1.29, 1.82) is 0 Å². The van der Waals surface area contributed by atoms with E-state index in [-0.39, 0.29) is 5.91 Å². The van der Waals surface area contributed by atoms with Crippen LogP contribution >= 0.6 is 0 Å². The van der Waals surface area contributed by atoms with Gasteiger partial charge in [-0.25, -0.2) is 0 Å². The molecule has 0 spiro atoms. The number of anilines is 1. The second kappa shape index (κ2) is 8.06. The summed E-state index contributed by atoms with van der Waals surface area (Å²) in [4.78, 5) is 12.7. The number of amides is 1. The first-order valence-electron chi connectivity index (χ1n) is 8.51. The SMILES string of the molecule is COc1ccc(C(C)(C)C(=O)Nc2ccc(OCC(C)C)cc2)cc1. The molecule has 0 saturated heterocycles. The van der Waals surface area contributed by atoms with Gasteiger partial charge in [0.15, 0.2) is 0 Å². The van der Waals surface area contributed by atoms with Gasteiger partial charge in [-0.15, -0.1) is 0 Å². The summed E-state index contributed by atoms with van der Waals surface area (Å²) < 4.78 is 10.8. The summed E-state index contributed by atoms with van der Waals surface area (Å²) in [6.07, 6.45) is 0. The molecule has 0 unspecified atom stereocenters. The summed E-state index contributed by atoms with van der Waals surface area (Å²) in [5.41, 5.74) is 1.03. The summed E-state index contributed by atoms with van der Waals surface area (Å²) in [6, 6.07) is 15.0. The minimum absolute atomic E-state index is 0.0616.